The second-order valence-electron chi connectivity index (χ2n) is 4.79. The fourth-order valence-corrected chi connectivity index (χ4v) is 2.45. The van der Waals surface area contributed by atoms with Crippen molar-refractivity contribution >= 4 is 5.97 Å². The maximum atomic E-state index is 11.5. The second-order valence-corrected chi connectivity index (χ2v) is 4.79. The molecule has 5 heteroatoms. The summed E-state index contributed by atoms with van der Waals surface area (Å²) in [5.41, 5.74) is -0.849. The Bertz CT molecular complexity index is 481. The van der Waals surface area contributed by atoms with Crippen molar-refractivity contribution in [3.05, 3.63) is 27.9 Å². The molecule has 92 valence electrons. The van der Waals surface area contributed by atoms with Crippen molar-refractivity contribution in [2.45, 2.75) is 38.5 Å². The summed E-state index contributed by atoms with van der Waals surface area (Å²) in [5, 5.41) is 8.75. The number of carboxylic acid groups (broad SMARTS) is 1. The zero-order valence-electron chi connectivity index (χ0n) is 9.77. The zero-order chi connectivity index (χ0) is 12.4. The number of nitrogens with one attached hydrogen (secondary N) is 1. The number of hydrogen-bond donors (Lipinski definition) is 2. The molecule has 1 fully saturated rings. The lowest BCUT2D eigenvalue weighted by atomic mass is 9.82. The molecule has 1 aromatic heterocycles. The molecule has 0 aliphatic heterocycles. The number of carbonyl (C=O) groups is 1. The predicted octanol–water partition coefficient (Wildman–Crippen LogP) is 1.76. The summed E-state index contributed by atoms with van der Waals surface area (Å²) in [4.78, 5) is 28.9. The van der Waals surface area contributed by atoms with E-state index in [2.05, 4.69) is 16.9 Å². The largest absolute Gasteiger partial charge is 0.477 e. The highest BCUT2D eigenvalue weighted by molar-refractivity contribution is 5.86. The lowest BCUT2D eigenvalue weighted by Crippen LogP contribution is -2.23. The molecule has 0 amide bonds. The van der Waals surface area contributed by atoms with Crippen molar-refractivity contribution in [3.8, 4) is 0 Å². The summed E-state index contributed by atoms with van der Waals surface area (Å²) >= 11 is 0. The van der Waals surface area contributed by atoms with Crippen LogP contribution in [-0.2, 0) is 0 Å². The number of H-pyrrole nitrogens is 1. The van der Waals surface area contributed by atoms with Crippen LogP contribution in [0.25, 0.3) is 0 Å². The average molecular weight is 236 g/mol. The molecule has 17 heavy (non-hydrogen) atoms. The molecule has 2 N–H and O–H groups in total. The normalized spacial score (nSPS) is 24.5. The minimum absolute atomic E-state index is 0.259. The molecule has 0 radical (unpaired) electrons. The van der Waals surface area contributed by atoms with Crippen LogP contribution in [0, 0.1) is 5.92 Å². The fourth-order valence-electron chi connectivity index (χ4n) is 2.45. The van der Waals surface area contributed by atoms with E-state index >= 15 is 0 Å². The Morgan fingerprint density at radius 1 is 1.53 bits per heavy atom. The molecule has 0 spiro atoms. The highest BCUT2D eigenvalue weighted by Crippen LogP contribution is 2.33. The second kappa shape index (κ2) is 4.69. The highest BCUT2D eigenvalue weighted by Gasteiger charge is 2.23. The van der Waals surface area contributed by atoms with Crippen LogP contribution >= 0.6 is 0 Å². The Kier molecular flexibility index (Phi) is 3.26. The Morgan fingerprint density at radius 2 is 2.29 bits per heavy atom. The maximum absolute atomic E-state index is 11.5. The van der Waals surface area contributed by atoms with Gasteiger partial charge in [0.1, 0.15) is 11.4 Å². The summed E-state index contributed by atoms with van der Waals surface area (Å²) < 4.78 is 0. The van der Waals surface area contributed by atoms with Crippen LogP contribution in [0.15, 0.2) is 11.0 Å². The van der Waals surface area contributed by atoms with Gasteiger partial charge in [0.15, 0.2) is 0 Å². The molecule has 2 atom stereocenters. The molecule has 2 unspecified atom stereocenters. The maximum Gasteiger partial charge on any atom is 0.342 e. The molecule has 0 aromatic carbocycles. The van der Waals surface area contributed by atoms with E-state index in [-0.39, 0.29) is 11.5 Å². The summed E-state index contributed by atoms with van der Waals surface area (Å²) in [7, 11) is 0. The number of aromatic nitrogens is 2. The van der Waals surface area contributed by atoms with Crippen molar-refractivity contribution in [1.29, 1.82) is 0 Å². The van der Waals surface area contributed by atoms with Crippen LogP contribution in [-0.4, -0.2) is 21.0 Å². The summed E-state index contributed by atoms with van der Waals surface area (Å²) in [6.07, 6.45) is 5.54. The Hall–Kier alpha value is -1.65. The lowest BCUT2D eigenvalue weighted by molar-refractivity contribution is 0.0694. The van der Waals surface area contributed by atoms with Crippen LogP contribution in [0.2, 0.25) is 0 Å². The van der Waals surface area contributed by atoms with Crippen LogP contribution in [0.4, 0.5) is 0 Å². The number of carboxylic acids is 1. The van der Waals surface area contributed by atoms with Gasteiger partial charge in [-0.25, -0.2) is 9.78 Å². The Labute approximate surface area is 98.9 Å². The standard InChI is InChI=1S/C12H16N2O3/c1-7-3-2-4-8(5-7)10-13-6-9(12(16)17)11(15)14-10/h6-8H,2-5H2,1H3,(H,16,17)(H,13,14,15). The van der Waals surface area contributed by atoms with E-state index in [4.69, 9.17) is 5.11 Å². The zero-order valence-corrected chi connectivity index (χ0v) is 9.77. The van der Waals surface area contributed by atoms with E-state index in [1.807, 2.05) is 0 Å². The van der Waals surface area contributed by atoms with E-state index in [9.17, 15) is 9.59 Å². The highest BCUT2D eigenvalue weighted by atomic mass is 16.4. The SMILES string of the molecule is CC1CCCC(c2ncc(C(=O)O)c(=O)[nH]2)C1. The Morgan fingerprint density at radius 3 is 2.88 bits per heavy atom. The third-order valence-corrected chi connectivity index (χ3v) is 3.37. The van der Waals surface area contributed by atoms with Gasteiger partial charge in [-0.3, -0.25) is 4.79 Å². The molecule has 1 aliphatic rings. The van der Waals surface area contributed by atoms with Crippen LogP contribution in [0.3, 0.4) is 0 Å². The number of aromatic amines is 1. The topological polar surface area (TPSA) is 83.0 Å². The molecule has 1 aliphatic carbocycles. The van der Waals surface area contributed by atoms with Gasteiger partial charge < -0.3 is 10.1 Å². The van der Waals surface area contributed by atoms with Gasteiger partial charge >= 0.3 is 5.97 Å². The first-order valence-corrected chi connectivity index (χ1v) is 5.90. The first kappa shape index (κ1) is 11.8. The molecule has 1 heterocycles. The molecule has 0 saturated heterocycles. The lowest BCUT2D eigenvalue weighted by Gasteiger charge is -2.25. The minimum atomic E-state index is -1.23. The van der Waals surface area contributed by atoms with E-state index in [0.29, 0.717) is 11.7 Å². The van der Waals surface area contributed by atoms with Gasteiger partial charge in [-0.1, -0.05) is 19.8 Å². The molecule has 2 rings (SSSR count). The number of hydrogen-bond acceptors (Lipinski definition) is 3. The van der Waals surface area contributed by atoms with Crippen molar-refractivity contribution in [1.82, 2.24) is 9.97 Å². The molecular weight excluding hydrogens is 220 g/mol. The van der Waals surface area contributed by atoms with Crippen molar-refractivity contribution in [3.63, 3.8) is 0 Å². The smallest absolute Gasteiger partial charge is 0.342 e. The van der Waals surface area contributed by atoms with Crippen LogP contribution in [0.5, 0.6) is 0 Å². The average Bonchev–Trinajstić information content (AvgIpc) is 2.28. The van der Waals surface area contributed by atoms with Crippen molar-refractivity contribution in [2.24, 2.45) is 5.92 Å². The van der Waals surface area contributed by atoms with Crippen LogP contribution < -0.4 is 5.56 Å². The summed E-state index contributed by atoms with van der Waals surface area (Å²) in [6.45, 7) is 2.19. The van der Waals surface area contributed by atoms with E-state index in [1.165, 1.54) is 6.42 Å². The van der Waals surface area contributed by atoms with Crippen molar-refractivity contribution in [2.75, 3.05) is 0 Å². The predicted molar refractivity (Wildman–Crippen MR) is 62.2 cm³/mol. The molecule has 5 nitrogen and oxygen atoms in total. The molecular formula is C12H16N2O3. The van der Waals surface area contributed by atoms with Crippen molar-refractivity contribution < 1.29 is 9.90 Å². The van der Waals surface area contributed by atoms with Gasteiger partial charge in [0, 0.05) is 12.1 Å². The van der Waals surface area contributed by atoms with Gasteiger partial charge in [0.25, 0.3) is 5.56 Å². The third-order valence-electron chi connectivity index (χ3n) is 3.37. The van der Waals surface area contributed by atoms with E-state index < -0.39 is 11.5 Å². The minimum Gasteiger partial charge on any atom is -0.477 e. The quantitative estimate of drug-likeness (QED) is 0.819. The van der Waals surface area contributed by atoms with Gasteiger partial charge in [0.2, 0.25) is 0 Å². The van der Waals surface area contributed by atoms with Gasteiger partial charge in [-0.15, -0.1) is 0 Å². The van der Waals surface area contributed by atoms with Gasteiger partial charge in [-0.05, 0) is 18.8 Å². The molecule has 0 bridgehead atoms. The van der Waals surface area contributed by atoms with Gasteiger partial charge in [-0.2, -0.15) is 0 Å². The first-order valence-electron chi connectivity index (χ1n) is 5.90. The number of aromatic carboxylic acids is 1. The summed E-state index contributed by atoms with van der Waals surface area (Å²) in [5.74, 6) is 0.293. The summed E-state index contributed by atoms with van der Waals surface area (Å²) in [6, 6.07) is 0. The Balaban J connectivity index is 2.25. The monoisotopic (exact) mass is 236 g/mol. The van der Waals surface area contributed by atoms with E-state index in [0.717, 1.165) is 25.5 Å². The number of rotatable bonds is 2. The third kappa shape index (κ3) is 2.54. The molecule has 1 saturated carbocycles. The van der Waals surface area contributed by atoms with E-state index in [1.54, 1.807) is 0 Å². The number of nitrogens with zero attached hydrogens (tertiary/aromatic N) is 1. The first-order chi connectivity index (χ1) is 8.08. The fraction of sp³-hybridized carbons (Fsp3) is 0.583. The van der Waals surface area contributed by atoms with Crippen LogP contribution in [0.1, 0.15) is 54.7 Å². The van der Waals surface area contributed by atoms with Gasteiger partial charge in [0.05, 0.1) is 0 Å². The molecule has 1 aromatic rings.